The van der Waals surface area contributed by atoms with Crippen molar-refractivity contribution in [3.8, 4) is 5.75 Å². The SMILES string of the molecule is CCOc1ccc(S(=O)(=O)NCC(O)c2cccs2)cc1C. The van der Waals surface area contributed by atoms with Crippen LogP contribution in [0.2, 0.25) is 0 Å². The fourth-order valence-electron chi connectivity index (χ4n) is 1.96. The Hall–Kier alpha value is -1.41. The van der Waals surface area contributed by atoms with E-state index in [0.29, 0.717) is 12.4 Å². The maximum atomic E-state index is 12.3. The smallest absolute Gasteiger partial charge is 0.240 e. The van der Waals surface area contributed by atoms with Crippen LogP contribution in [0.1, 0.15) is 23.5 Å². The van der Waals surface area contributed by atoms with E-state index in [4.69, 9.17) is 4.74 Å². The quantitative estimate of drug-likeness (QED) is 0.811. The van der Waals surface area contributed by atoms with E-state index in [-0.39, 0.29) is 11.4 Å². The summed E-state index contributed by atoms with van der Waals surface area (Å²) in [4.78, 5) is 0.886. The molecule has 0 bridgehead atoms. The first-order chi connectivity index (χ1) is 10.4. The lowest BCUT2D eigenvalue weighted by Crippen LogP contribution is -2.28. The normalized spacial score (nSPS) is 13.0. The number of ether oxygens (including phenoxy) is 1. The average molecular weight is 341 g/mol. The van der Waals surface area contributed by atoms with E-state index in [0.717, 1.165) is 10.4 Å². The minimum absolute atomic E-state index is 0.0604. The van der Waals surface area contributed by atoms with Crippen molar-refractivity contribution in [2.24, 2.45) is 0 Å². The van der Waals surface area contributed by atoms with Crippen molar-refractivity contribution in [3.05, 3.63) is 46.2 Å². The van der Waals surface area contributed by atoms with E-state index in [1.807, 2.05) is 18.4 Å². The van der Waals surface area contributed by atoms with E-state index in [2.05, 4.69) is 4.72 Å². The summed E-state index contributed by atoms with van der Waals surface area (Å²) in [5.41, 5.74) is 0.753. The molecule has 5 nitrogen and oxygen atoms in total. The average Bonchev–Trinajstić information content (AvgIpc) is 3.01. The van der Waals surface area contributed by atoms with Gasteiger partial charge in [0.2, 0.25) is 10.0 Å². The first-order valence-electron chi connectivity index (χ1n) is 6.88. The Bertz CT molecular complexity index is 711. The molecule has 0 fully saturated rings. The molecule has 2 N–H and O–H groups in total. The monoisotopic (exact) mass is 341 g/mol. The zero-order valence-electron chi connectivity index (χ0n) is 12.4. The van der Waals surface area contributed by atoms with E-state index in [1.54, 1.807) is 25.1 Å². The summed E-state index contributed by atoms with van der Waals surface area (Å²) in [5.74, 6) is 0.667. The minimum Gasteiger partial charge on any atom is -0.494 e. The van der Waals surface area contributed by atoms with Gasteiger partial charge in [-0.3, -0.25) is 0 Å². The molecule has 0 aliphatic rings. The lowest BCUT2D eigenvalue weighted by Gasteiger charge is -2.12. The highest BCUT2D eigenvalue weighted by Crippen LogP contribution is 2.22. The van der Waals surface area contributed by atoms with E-state index < -0.39 is 16.1 Å². The van der Waals surface area contributed by atoms with Gasteiger partial charge in [-0.1, -0.05) is 6.07 Å². The molecular weight excluding hydrogens is 322 g/mol. The highest BCUT2D eigenvalue weighted by molar-refractivity contribution is 7.89. The lowest BCUT2D eigenvalue weighted by atomic mass is 10.2. The molecule has 0 aliphatic heterocycles. The summed E-state index contributed by atoms with van der Waals surface area (Å²) in [6, 6.07) is 8.28. The predicted octanol–water partition coefficient (Wildman–Crippen LogP) is 2.47. The summed E-state index contributed by atoms with van der Waals surface area (Å²) in [5, 5.41) is 11.8. The second-order valence-electron chi connectivity index (χ2n) is 4.74. The Kier molecular flexibility index (Phi) is 5.57. The Labute approximate surface area is 134 Å². The Morgan fingerprint density at radius 1 is 1.36 bits per heavy atom. The van der Waals surface area contributed by atoms with Crippen LogP contribution in [-0.4, -0.2) is 26.7 Å². The van der Waals surface area contributed by atoms with Crippen molar-refractivity contribution in [3.63, 3.8) is 0 Å². The molecule has 0 radical (unpaired) electrons. The summed E-state index contributed by atoms with van der Waals surface area (Å²) in [7, 11) is -3.66. The van der Waals surface area contributed by atoms with Gasteiger partial charge in [0.1, 0.15) is 11.9 Å². The molecule has 1 heterocycles. The molecular formula is C15H19NO4S2. The molecule has 0 saturated heterocycles. The Balaban J connectivity index is 2.08. The molecule has 0 amide bonds. The molecule has 22 heavy (non-hydrogen) atoms. The predicted molar refractivity (Wildman–Crippen MR) is 86.8 cm³/mol. The van der Waals surface area contributed by atoms with Crippen molar-refractivity contribution in [1.82, 2.24) is 4.72 Å². The number of rotatable bonds is 7. The number of aliphatic hydroxyl groups is 1. The van der Waals surface area contributed by atoms with E-state index in [1.165, 1.54) is 17.4 Å². The molecule has 7 heteroatoms. The molecule has 120 valence electrons. The number of thiophene rings is 1. The highest BCUT2D eigenvalue weighted by atomic mass is 32.2. The summed E-state index contributed by atoms with van der Waals surface area (Å²) in [6.45, 7) is 4.13. The van der Waals surface area contributed by atoms with Gasteiger partial charge in [-0.2, -0.15) is 0 Å². The van der Waals surface area contributed by atoms with Crippen molar-refractivity contribution < 1.29 is 18.3 Å². The van der Waals surface area contributed by atoms with Crippen LogP contribution >= 0.6 is 11.3 Å². The van der Waals surface area contributed by atoms with E-state index in [9.17, 15) is 13.5 Å². The molecule has 0 spiro atoms. The molecule has 2 rings (SSSR count). The molecule has 0 aliphatic carbocycles. The van der Waals surface area contributed by atoms with Crippen LogP contribution < -0.4 is 9.46 Å². The van der Waals surface area contributed by atoms with Crippen molar-refractivity contribution >= 4 is 21.4 Å². The van der Waals surface area contributed by atoms with Gasteiger partial charge in [-0.25, -0.2) is 13.1 Å². The number of hydrogen-bond donors (Lipinski definition) is 2. The second-order valence-corrected chi connectivity index (χ2v) is 7.49. The van der Waals surface area contributed by atoms with Crippen molar-refractivity contribution in [2.75, 3.05) is 13.2 Å². The van der Waals surface area contributed by atoms with Gasteiger partial charge in [0.25, 0.3) is 0 Å². The van der Waals surface area contributed by atoms with Crippen LogP contribution in [0.3, 0.4) is 0 Å². The van der Waals surface area contributed by atoms with Crippen molar-refractivity contribution in [1.29, 1.82) is 0 Å². The molecule has 1 atom stereocenters. The highest BCUT2D eigenvalue weighted by Gasteiger charge is 2.18. The molecule has 1 unspecified atom stereocenters. The zero-order valence-corrected chi connectivity index (χ0v) is 14.1. The Morgan fingerprint density at radius 3 is 2.73 bits per heavy atom. The third kappa shape index (κ3) is 4.07. The van der Waals surface area contributed by atoms with Crippen LogP contribution in [0, 0.1) is 6.92 Å². The first-order valence-corrected chi connectivity index (χ1v) is 9.25. The summed E-state index contributed by atoms with van der Waals surface area (Å²) >= 11 is 1.39. The molecule has 0 saturated carbocycles. The Morgan fingerprint density at radius 2 is 2.14 bits per heavy atom. The molecule has 1 aromatic carbocycles. The number of nitrogens with one attached hydrogen (secondary N) is 1. The van der Waals surface area contributed by atoms with Gasteiger partial charge >= 0.3 is 0 Å². The number of aryl methyl sites for hydroxylation is 1. The van der Waals surface area contributed by atoms with E-state index >= 15 is 0 Å². The fraction of sp³-hybridized carbons (Fsp3) is 0.333. The lowest BCUT2D eigenvalue weighted by molar-refractivity contribution is 0.186. The van der Waals surface area contributed by atoms with Crippen LogP contribution in [0.5, 0.6) is 5.75 Å². The minimum atomic E-state index is -3.66. The van der Waals surface area contributed by atoms with Crippen molar-refractivity contribution in [2.45, 2.75) is 24.8 Å². The topological polar surface area (TPSA) is 75.6 Å². The van der Waals surface area contributed by atoms with Crippen LogP contribution in [0.25, 0.3) is 0 Å². The third-order valence-electron chi connectivity index (χ3n) is 3.09. The standard InChI is InChI=1S/C15H19NO4S2/c1-3-20-14-7-6-12(9-11(14)2)22(18,19)16-10-13(17)15-5-4-8-21-15/h4-9,13,16-17H,3,10H2,1-2H3. The summed E-state index contributed by atoms with van der Waals surface area (Å²) < 4.78 is 32.4. The number of aliphatic hydroxyl groups excluding tert-OH is 1. The van der Waals surface area contributed by atoms with Crippen LogP contribution in [-0.2, 0) is 10.0 Å². The molecule has 1 aromatic heterocycles. The van der Waals surface area contributed by atoms with Gasteiger partial charge in [-0.15, -0.1) is 11.3 Å². The maximum Gasteiger partial charge on any atom is 0.240 e. The van der Waals surface area contributed by atoms with Gasteiger partial charge in [-0.05, 0) is 49.1 Å². The third-order valence-corrected chi connectivity index (χ3v) is 5.49. The van der Waals surface area contributed by atoms with Gasteiger partial charge in [0.15, 0.2) is 0 Å². The van der Waals surface area contributed by atoms with Gasteiger partial charge < -0.3 is 9.84 Å². The van der Waals surface area contributed by atoms with Gasteiger partial charge in [0.05, 0.1) is 11.5 Å². The fourth-order valence-corrected chi connectivity index (χ4v) is 3.79. The zero-order chi connectivity index (χ0) is 16.2. The van der Waals surface area contributed by atoms with Crippen LogP contribution in [0.15, 0.2) is 40.6 Å². The second kappa shape index (κ2) is 7.23. The number of benzene rings is 1. The molecule has 2 aromatic rings. The van der Waals surface area contributed by atoms with Crippen LogP contribution in [0.4, 0.5) is 0 Å². The number of sulfonamides is 1. The van der Waals surface area contributed by atoms with Gasteiger partial charge in [0, 0.05) is 11.4 Å². The first kappa shape index (κ1) is 17.0. The summed E-state index contributed by atoms with van der Waals surface area (Å²) in [6.07, 6.45) is -0.849. The number of hydrogen-bond acceptors (Lipinski definition) is 5. The maximum absolute atomic E-state index is 12.3. The largest absolute Gasteiger partial charge is 0.494 e.